The maximum atomic E-state index is 12.2. The second-order valence-electron chi connectivity index (χ2n) is 5.84. The maximum Gasteiger partial charge on any atom is 0.338 e. The minimum absolute atomic E-state index is 0.223. The Morgan fingerprint density at radius 2 is 1.72 bits per heavy atom. The number of benzene rings is 1. The maximum absolute atomic E-state index is 12.2. The highest BCUT2D eigenvalue weighted by molar-refractivity contribution is 7.14. The molecular formula is C18H20N2O4S. The number of carbonyl (C=O) groups is 3. The highest BCUT2D eigenvalue weighted by Gasteiger charge is 2.21. The summed E-state index contributed by atoms with van der Waals surface area (Å²) in [7, 11) is 0. The van der Waals surface area contributed by atoms with Crippen LogP contribution in [-0.4, -0.2) is 23.9 Å². The molecule has 0 aliphatic heterocycles. The first-order valence-electron chi connectivity index (χ1n) is 7.78. The molecule has 2 rings (SSSR count). The summed E-state index contributed by atoms with van der Waals surface area (Å²) in [6.45, 7) is 5.59. The van der Waals surface area contributed by atoms with Crippen molar-refractivity contribution in [2.75, 3.05) is 5.32 Å². The lowest BCUT2D eigenvalue weighted by Crippen LogP contribution is -2.30. The zero-order valence-electron chi connectivity index (χ0n) is 14.2. The fraction of sp³-hybridized carbons (Fsp3) is 0.278. The van der Waals surface area contributed by atoms with Crippen LogP contribution in [0.5, 0.6) is 0 Å². The third-order valence-corrected chi connectivity index (χ3v) is 4.46. The van der Waals surface area contributed by atoms with E-state index in [1.165, 1.54) is 24.3 Å². The molecule has 0 radical (unpaired) electrons. The van der Waals surface area contributed by atoms with E-state index >= 15 is 0 Å². The Kier molecular flexibility index (Phi) is 5.93. The molecule has 0 fully saturated rings. The number of amides is 2. The quantitative estimate of drug-likeness (QED) is 0.773. The monoisotopic (exact) mass is 360 g/mol. The van der Waals surface area contributed by atoms with Crippen molar-refractivity contribution < 1.29 is 19.1 Å². The van der Waals surface area contributed by atoms with Gasteiger partial charge >= 0.3 is 5.97 Å². The number of anilines is 1. The Balaban J connectivity index is 1.99. The topological polar surface area (TPSA) is 98.5 Å². The van der Waals surface area contributed by atoms with E-state index in [-0.39, 0.29) is 5.56 Å². The van der Waals surface area contributed by atoms with E-state index in [0.29, 0.717) is 16.5 Å². The average molecular weight is 360 g/mol. The van der Waals surface area contributed by atoms with Gasteiger partial charge in [0.15, 0.2) is 6.10 Å². The van der Waals surface area contributed by atoms with Gasteiger partial charge < -0.3 is 15.8 Å². The smallest absolute Gasteiger partial charge is 0.338 e. The Bertz CT molecular complexity index is 781. The first-order chi connectivity index (χ1) is 11.8. The second-order valence-corrected chi connectivity index (χ2v) is 6.76. The van der Waals surface area contributed by atoms with Gasteiger partial charge in [0.25, 0.3) is 11.8 Å². The molecule has 2 amide bonds. The largest absolute Gasteiger partial charge is 0.449 e. The SMILES string of the molecule is CC(C)c1ccc(C(=O)O[C@H](C)C(=O)Nc2sccc2C(N)=O)cc1. The number of hydrogen-bond acceptors (Lipinski definition) is 5. The van der Waals surface area contributed by atoms with E-state index in [1.54, 1.807) is 17.5 Å². The summed E-state index contributed by atoms with van der Waals surface area (Å²) in [5.74, 6) is -1.39. The summed E-state index contributed by atoms with van der Waals surface area (Å²) in [6, 6.07) is 8.59. The molecule has 3 N–H and O–H groups in total. The third-order valence-electron chi connectivity index (χ3n) is 3.63. The van der Waals surface area contributed by atoms with Crippen LogP contribution >= 0.6 is 11.3 Å². The number of carbonyl (C=O) groups excluding carboxylic acids is 3. The molecule has 7 heteroatoms. The van der Waals surface area contributed by atoms with E-state index in [9.17, 15) is 14.4 Å². The normalized spacial score (nSPS) is 11.8. The van der Waals surface area contributed by atoms with Crippen LogP contribution in [0.15, 0.2) is 35.7 Å². The van der Waals surface area contributed by atoms with E-state index in [0.717, 1.165) is 5.56 Å². The van der Waals surface area contributed by atoms with E-state index in [2.05, 4.69) is 19.2 Å². The summed E-state index contributed by atoms with van der Waals surface area (Å²) in [4.78, 5) is 35.6. The average Bonchev–Trinajstić information content (AvgIpc) is 3.03. The molecule has 0 aliphatic carbocycles. The van der Waals surface area contributed by atoms with Crippen LogP contribution in [0.4, 0.5) is 5.00 Å². The summed E-state index contributed by atoms with van der Waals surface area (Å²) < 4.78 is 5.19. The zero-order valence-corrected chi connectivity index (χ0v) is 15.1. The first kappa shape index (κ1) is 18.7. The molecule has 132 valence electrons. The van der Waals surface area contributed by atoms with Gasteiger partial charge in [-0.2, -0.15) is 0 Å². The molecule has 2 aromatic rings. The summed E-state index contributed by atoms with van der Waals surface area (Å²) in [6.07, 6.45) is -1.01. The third kappa shape index (κ3) is 4.67. The highest BCUT2D eigenvalue weighted by Crippen LogP contribution is 2.23. The number of nitrogens with two attached hydrogens (primary N) is 1. The Labute approximate surface area is 150 Å². The molecule has 6 nitrogen and oxygen atoms in total. The van der Waals surface area contributed by atoms with Crippen molar-refractivity contribution >= 4 is 34.1 Å². The van der Waals surface area contributed by atoms with E-state index < -0.39 is 23.9 Å². The minimum Gasteiger partial charge on any atom is -0.449 e. The van der Waals surface area contributed by atoms with Crippen LogP contribution in [-0.2, 0) is 9.53 Å². The molecule has 1 atom stereocenters. The predicted octanol–water partition coefficient (Wildman–Crippen LogP) is 3.15. The van der Waals surface area contributed by atoms with Gasteiger partial charge in [-0.25, -0.2) is 4.79 Å². The number of hydrogen-bond donors (Lipinski definition) is 2. The Morgan fingerprint density at radius 3 is 2.28 bits per heavy atom. The van der Waals surface area contributed by atoms with Crippen molar-refractivity contribution in [3.63, 3.8) is 0 Å². The summed E-state index contributed by atoms with van der Waals surface area (Å²) in [5.41, 5.74) is 6.94. The molecule has 0 saturated carbocycles. The van der Waals surface area contributed by atoms with Gasteiger partial charge in [-0.1, -0.05) is 26.0 Å². The zero-order chi connectivity index (χ0) is 18.6. The van der Waals surface area contributed by atoms with Gasteiger partial charge in [0.2, 0.25) is 0 Å². The number of nitrogens with one attached hydrogen (secondary N) is 1. The predicted molar refractivity (Wildman–Crippen MR) is 96.9 cm³/mol. The molecule has 0 spiro atoms. The van der Waals surface area contributed by atoms with Gasteiger partial charge in [-0.3, -0.25) is 9.59 Å². The van der Waals surface area contributed by atoms with Crippen molar-refractivity contribution in [3.05, 3.63) is 52.4 Å². The molecular weight excluding hydrogens is 340 g/mol. The van der Waals surface area contributed by atoms with Crippen LogP contribution in [0.3, 0.4) is 0 Å². The molecule has 1 aromatic carbocycles. The molecule has 0 saturated heterocycles. The standard InChI is InChI=1S/C18H20N2O4S/c1-10(2)12-4-6-13(7-5-12)18(23)24-11(3)16(22)20-17-14(15(19)21)8-9-25-17/h4-11H,1-3H3,(H2,19,21)(H,20,22)/t11-/m1/s1. The van der Waals surface area contributed by atoms with Crippen LogP contribution < -0.4 is 11.1 Å². The number of rotatable bonds is 6. The number of thiophene rings is 1. The number of ether oxygens (including phenoxy) is 1. The Morgan fingerprint density at radius 1 is 1.08 bits per heavy atom. The van der Waals surface area contributed by atoms with Crippen LogP contribution in [0.2, 0.25) is 0 Å². The van der Waals surface area contributed by atoms with E-state index in [4.69, 9.17) is 10.5 Å². The lowest BCUT2D eigenvalue weighted by molar-refractivity contribution is -0.123. The van der Waals surface area contributed by atoms with E-state index in [1.807, 2.05) is 12.1 Å². The lowest BCUT2D eigenvalue weighted by Gasteiger charge is -2.14. The molecule has 0 aliphatic rings. The van der Waals surface area contributed by atoms with Gasteiger partial charge in [0.05, 0.1) is 11.1 Å². The van der Waals surface area contributed by atoms with Crippen molar-refractivity contribution in [1.82, 2.24) is 0 Å². The second kappa shape index (κ2) is 7.94. The number of primary amides is 1. The fourth-order valence-corrected chi connectivity index (χ4v) is 2.90. The number of esters is 1. The van der Waals surface area contributed by atoms with Crippen molar-refractivity contribution in [3.8, 4) is 0 Å². The molecule has 1 aromatic heterocycles. The Hall–Kier alpha value is -2.67. The van der Waals surface area contributed by atoms with Gasteiger partial charge in [0, 0.05) is 0 Å². The highest BCUT2D eigenvalue weighted by atomic mass is 32.1. The summed E-state index contributed by atoms with van der Waals surface area (Å²) in [5, 5.41) is 4.53. The van der Waals surface area contributed by atoms with Crippen LogP contribution in [0, 0.1) is 0 Å². The van der Waals surface area contributed by atoms with Crippen LogP contribution in [0.1, 0.15) is 53.0 Å². The lowest BCUT2D eigenvalue weighted by atomic mass is 10.0. The van der Waals surface area contributed by atoms with Crippen molar-refractivity contribution in [1.29, 1.82) is 0 Å². The summed E-state index contributed by atoms with van der Waals surface area (Å²) >= 11 is 1.17. The molecule has 0 unspecified atom stereocenters. The molecule has 25 heavy (non-hydrogen) atoms. The molecule has 0 bridgehead atoms. The fourth-order valence-electron chi connectivity index (χ4n) is 2.10. The van der Waals surface area contributed by atoms with Gasteiger partial charge in [-0.15, -0.1) is 11.3 Å². The van der Waals surface area contributed by atoms with Crippen molar-refractivity contribution in [2.45, 2.75) is 32.8 Å². The van der Waals surface area contributed by atoms with Gasteiger partial charge in [-0.05, 0) is 42.0 Å². The molecule has 1 heterocycles. The van der Waals surface area contributed by atoms with Crippen molar-refractivity contribution in [2.24, 2.45) is 5.73 Å². The first-order valence-corrected chi connectivity index (χ1v) is 8.66. The van der Waals surface area contributed by atoms with Gasteiger partial charge in [0.1, 0.15) is 5.00 Å². The minimum atomic E-state index is -1.01. The van der Waals surface area contributed by atoms with Crippen LogP contribution in [0.25, 0.3) is 0 Å².